The lowest BCUT2D eigenvalue weighted by Gasteiger charge is -2.19. The van der Waals surface area contributed by atoms with E-state index in [4.69, 9.17) is 11.6 Å². The molecule has 0 amide bonds. The van der Waals surface area contributed by atoms with Crippen molar-refractivity contribution in [2.45, 2.75) is 20.8 Å². The quantitative estimate of drug-likeness (QED) is 0.783. The van der Waals surface area contributed by atoms with Crippen molar-refractivity contribution in [3.8, 4) is 0 Å². The van der Waals surface area contributed by atoms with Gasteiger partial charge in [-0.2, -0.15) is 5.10 Å². The van der Waals surface area contributed by atoms with Crippen LogP contribution in [-0.2, 0) is 0 Å². The first kappa shape index (κ1) is 13.7. The van der Waals surface area contributed by atoms with Crippen molar-refractivity contribution < 1.29 is 0 Å². The molecule has 102 valence electrons. The van der Waals surface area contributed by atoms with Crippen LogP contribution in [0.5, 0.6) is 0 Å². The standard InChI is InChI=1S/C14H19ClN4/c1-14(2,3)9-16-13-12(8-17-19-13)18-11-6-4-5-10(15)7-11/h4-8,18H,9H2,1-3H3,(H2,16,17,19). The lowest BCUT2D eigenvalue weighted by atomic mass is 9.97. The van der Waals surface area contributed by atoms with E-state index in [9.17, 15) is 0 Å². The van der Waals surface area contributed by atoms with Crippen LogP contribution in [0.2, 0.25) is 5.02 Å². The Balaban J connectivity index is 2.07. The highest BCUT2D eigenvalue weighted by Gasteiger charge is 2.12. The van der Waals surface area contributed by atoms with Gasteiger partial charge in [-0.15, -0.1) is 0 Å². The zero-order valence-corrected chi connectivity index (χ0v) is 12.2. The second kappa shape index (κ2) is 5.53. The lowest BCUT2D eigenvalue weighted by molar-refractivity contribution is 0.442. The van der Waals surface area contributed by atoms with Crippen LogP contribution in [-0.4, -0.2) is 16.7 Å². The fraction of sp³-hybridized carbons (Fsp3) is 0.357. The molecule has 3 N–H and O–H groups in total. The summed E-state index contributed by atoms with van der Waals surface area (Å²) < 4.78 is 0. The number of rotatable bonds is 4. The van der Waals surface area contributed by atoms with Gasteiger partial charge in [0.1, 0.15) is 11.5 Å². The van der Waals surface area contributed by atoms with Crippen LogP contribution >= 0.6 is 11.6 Å². The third-order valence-electron chi connectivity index (χ3n) is 2.54. The van der Waals surface area contributed by atoms with Crippen molar-refractivity contribution >= 4 is 28.8 Å². The number of aromatic amines is 1. The average Bonchev–Trinajstić information content (AvgIpc) is 2.73. The summed E-state index contributed by atoms with van der Waals surface area (Å²) in [5.74, 6) is 0.884. The zero-order chi connectivity index (χ0) is 13.9. The summed E-state index contributed by atoms with van der Waals surface area (Å²) in [5.41, 5.74) is 2.05. The van der Waals surface area contributed by atoms with E-state index in [2.05, 4.69) is 41.6 Å². The summed E-state index contributed by atoms with van der Waals surface area (Å²) in [5, 5.41) is 14.4. The van der Waals surface area contributed by atoms with Gasteiger partial charge in [0.25, 0.3) is 0 Å². The molecule has 0 aliphatic heterocycles. The van der Waals surface area contributed by atoms with Gasteiger partial charge in [-0.3, -0.25) is 5.10 Å². The normalized spacial score (nSPS) is 11.4. The number of hydrogen-bond acceptors (Lipinski definition) is 3. The van der Waals surface area contributed by atoms with Crippen LogP contribution in [0.15, 0.2) is 30.5 Å². The van der Waals surface area contributed by atoms with Crippen molar-refractivity contribution in [2.75, 3.05) is 17.2 Å². The molecule has 2 aromatic rings. The van der Waals surface area contributed by atoms with Gasteiger partial charge in [-0.25, -0.2) is 0 Å². The van der Waals surface area contributed by atoms with Crippen molar-refractivity contribution in [1.29, 1.82) is 0 Å². The second-order valence-corrected chi connectivity index (χ2v) is 6.14. The number of halogens is 1. The summed E-state index contributed by atoms with van der Waals surface area (Å²) in [6.07, 6.45) is 1.76. The Morgan fingerprint density at radius 2 is 2.11 bits per heavy atom. The van der Waals surface area contributed by atoms with Gasteiger partial charge in [0, 0.05) is 17.3 Å². The molecule has 1 aromatic heterocycles. The Hall–Kier alpha value is -1.68. The predicted octanol–water partition coefficient (Wildman–Crippen LogP) is 4.26. The number of nitrogens with one attached hydrogen (secondary N) is 3. The minimum atomic E-state index is 0.207. The Morgan fingerprint density at radius 3 is 2.79 bits per heavy atom. The molecule has 0 radical (unpaired) electrons. The van der Waals surface area contributed by atoms with Gasteiger partial charge in [-0.1, -0.05) is 38.4 Å². The molecule has 0 saturated carbocycles. The van der Waals surface area contributed by atoms with Crippen molar-refractivity contribution in [3.05, 3.63) is 35.5 Å². The third-order valence-corrected chi connectivity index (χ3v) is 2.77. The van der Waals surface area contributed by atoms with Gasteiger partial charge in [0.15, 0.2) is 0 Å². The topological polar surface area (TPSA) is 52.7 Å². The molecule has 19 heavy (non-hydrogen) atoms. The Labute approximate surface area is 118 Å². The number of H-pyrrole nitrogens is 1. The molecule has 0 bridgehead atoms. The summed E-state index contributed by atoms with van der Waals surface area (Å²) in [6.45, 7) is 7.40. The first-order valence-corrected chi connectivity index (χ1v) is 6.62. The molecule has 0 aliphatic carbocycles. The molecule has 4 nitrogen and oxygen atoms in total. The van der Waals surface area contributed by atoms with E-state index in [1.165, 1.54) is 0 Å². The van der Waals surface area contributed by atoms with Crippen molar-refractivity contribution in [1.82, 2.24) is 10.2 Å². The first-order valence-electron chi connectivity index (χ1n) is 6.24. The monoisotopic (exact) mass is 278 g/mol. The smallest absolute Gasteiger partial charge is 0.145 e. The van der Waals surface area contributed by atoms with Crippen LogP contribution in [0.1, 0.15) is 20.8 Å². The van der Waals surface area contributed by atoms with Gasteiger partial charge < -0.3 is 10.6 Å². The van der Waals surface area contributed by atoms with E-state index in [0.29, 0.717) is 5.02 Å². The molecule has 1 heterocycles. The second-order valence-electron chi connectivity index (χ2n) is 5.71. The number of aromatic nitrogens is 2. The summed E-state index contributed by atoms with van der Waals surface area (Å²) >= 11 is 5.97. The predicted molar refractivity (Wildman–Crippen MR) is 81.3 cm³/mol. The Bertz CT molecular complexity index is 542. The molecule has 5 heteroatoms. The molecule has 0 spiro atoms. The zero-order valence-electron chi connectivity index (χ0n) is 11.4. The van der Waals surface area contributed by atoms with E-state index in [-0.39, 0.29) is 5.41 Å². The molecule has 0 aliphatic rings. The largest absolute Gasteiger partial charge is 0.368 e. The molecule has 0 atom stereocenters. The maximum absolute atomic E-state index is 5.97. The SMILES string of the molecule is CC(C)(C)CNc1[nH]ncc1Nc1cccc(Cl)c1. The minimum Gasteiger partial charge on any atom is -0.368 e. The van der Waals surface area contributed by atoms with E-state index in [1.54, 1.807) is 6.20 Å². The van der Waals surface area contributed by atoms with Crippen LogP contribution in [0.3, 0.4) is 0 Å². The molecule has 0 fully saturated rings. The first-order chi connectivity index (χ1) is 8.94. The molecular weight excluding hydrogens is 260 g/mol. The van der Waals surface area contributed by atoms with Gasteiger partial charge in [0.2, 0.25) is 0 Å². The third kappa shape index (κ3) is 4.17. The number of nitrogens with zero attached hydrogens (tertiary/aromatic N) is 1. The van der Waals surface area contributed by atoms with Gasteiger partial charge in [-0.05, 0) is 23.6 Å². The molecule has 1 aromatic carbocycles. The highest BCUT2D eigenvalue weighted by atomic mass is 35.5. The molecular formula is C14H19ClN4. The number of anilines is 3. The van der Waals surface area contributed by atoms with Crippen LogP contribution in [0.4, 0.5) is 17.2 Å². The van der Waals surface area contributed by atoms with Gasteiger partial charge in [0.05, 0.1) is 6.20 Å². The molecule has 0 saturated heterocycles. The van der Waals surface area contributed by atoms with E-state index in [1.807, 2.05) is 24.3 Å². The highest BCUT2D eigenvalue weighted by Crippen LogP contribution is 2.25. The maximum Gasteiger partial charge on any atom is 0.145 e. The highest BCUT2D eigenvalue weighted by molar-refractivity contribution is 6.30. The summed E-state index contributed by atoms with van der Waals surface area (Å²) in [4.78, 5) is 0. The molecule has 2 rings (SSSR count). The lowest BCUT2D eigenvalue weighted by Crippen LogP contribution is -2.19. The number of hydrogen-bond donors (Lipinski definition) is 3. The van der Waals surface area contributed by atoms with E-state index < -0.39 is 0 Å². The summed E-state index contributed by atoms with van der Waals surface area (Å²) in [6, 6.07) is 7.60. The minimum absolute atomic E-state index is 0.207. The Morgan fingerprint density at radius 1 is 1.32 bits per heavy atom. The number of benzene rings is 1. The van der Waals surface area contributed by atoms with Crippen LogP contribution in [0.25, 0.3) is 0 Å². The van der Waals surface area contributed by atoms with Crippen LogP contribution < -0.4 is 10.6 Å². The van der Waals surface area contributed by atoms with Crippen molar-refractivity contribution in [3.63, 3.8) is 0 Å². The summed E-state index contributed by atoms with van der Waals surface area (Å²) in [7, 11) is 0. The van der Waals surface area contributed by atoms with Crippen LogP contribution in [0, 0.1) is 5.41 Å². The van der Waals surface area contributed by atoms with Gasteiger partial charge >= 0.3 is 0 Å². The fourth-order valence-corrected chi connectivity index (χ4v) is 1.78. The maximum atomic E-state index is 5.97. The Kier molecular flexibility index (Phi) is 4.00. The molecule has 0 unspecified atom stereocenters. The average molecular weight is 279 g/mol. The van der Waals surface area contributed by atoms with E-state index >= 15 is 0 Å². The van der Waals surface area contributed by atoms with E-state index in [0.717, 1.165) is 23.7 Å². The van der Waals surface area contributed by atoms with Crippen molar-refractivity contribution in [2.24, 2.45) is 5.41 Å². The fourth-order valence-electron chi connectivity index (χ4n) is 1.59.